The number of amides is 1. The van der Waals surface area contributed by atoms with Crippen LogP contribution in [0, 0.1) is 11.3 Å². The van der Waals surface area contributed by atoms with Gasteiger partial charge in [-0.1, -0.05) is 30.3 Å². The number of hydrogen-bond donors (Lipinski definition) is 2. The molecule has 0 bridgehead atoms. The van der Waals surface area contributed by atoms with Gasteiger partial charge in [0.2, 0.25) is 0 Å². The number of ether oxygens (including phenoxy) is 1. The number of aromatic nitrogens is 2. The predicted molar refractivity (Wildman–Crippen MR) is 138 cm³/mol. The van der Waals surface area contributed by atoms with Crippen LogP contribution in [0.5, 0.6) is 11.5 Å². The molecule has 2 N–H and O–H groups in total. The Bertz CT molecular complexity index is 1620. The number of nitrogens with one attached hydrogen (secondary N) is 1. The van der Waals surface area contributed by atoms with E-state index in [0.29, 0.717) is 39.3 Å². The first-order valence-corrected chi connectivity index (χ1v) is 11.3. The van der Waals surface area contributed by atoms with Gasteiger partial charge >= 0.3 is 0 Å². The maximum Gasteiger partial charge on any atom is 0.259 e. The van der Waals surface area contributed by atoms with Gasteiger partial charge in [0.05, 0.1) is 29.9 Å². The van der Waals surface area contributed by atoms with Crippen molar-refractivity contribution in [1.29, 1.82) is 5.26 Å². The standard InChI is InChI=1S/C28H20N6O3/c1-37-20-10-8-19(9-11-20)32-28(36)23-15-17-5-2-3-6-21(17)25(26(23)35)34-33-24-18(16-29)7-12-22(24)27-30-13-4-14-31-27/h2-15,22,35H,1H3,(H,32,36). The normalized spacial score (nSPS) is 14.8. The van der Waals surface area contributed by atoms with Crippen molar-refractivity contribution in [3.8, 4) is 17.6 Å². The predicted octanol–water partition coefficient (Wildman–Crippen LogP) is 5.81. The first-order valence-electron chi connectivity index (χ1n) is 11.3. The van der Waals surface area contributed by atoms with E-state index in [0.717, 1.165) is 0 Å². The Balaban J connectivity index is 1.54. The van der Waals surface area contributed by atoms with Crippen molar-refractivity contribution in [3.05, 3.63) is 108 Å². The highest BCUT2D eigenvalue weighted by atomic mass is 16.5. The number of methoxy groups -OCH3 is 1. The maximum absolute atomic E-state index is 13.1. The lowest BCUT2D eigenvalue weighted by atomic mass is 10.0. The number of anilines is 1. The van der Waals surface area contributed by atoms with Crippen LogP contribution in [-0.2, 0) is 0 Å². The van der Waals surface area contributed by atoms with Crippen molar-refractivity contribution >= 4 is 28.1 Å². The lowest BCUT2D eigenvalue weighted by molar-refractivity contribution is 0.102. The summed E-state index contributed by atoms with van der Waals surface area (Å²) >= 11 is 0. The molecule has 4 aromatic rings. The van der Waals surface area contributed by atoms with Crippen LogP contribution in [-0.4, -0.2) is 28.1 Å². The number of nitrogens with zero attached hydrogens (tertiary/aromatic N) is 5. The topological polar surface area (TPSA) is 133 Å². The molecule has 0 fully saturated rings. The number of hydrogen-bond acceptors (Lipinski definition) is 8. The van der Waals surface area contributed by atoms with E-state index >= 15 is 0 Å². The average molecular weight is 489 g/mol. The van der Waals surface area contributed by atoms with Crippen molar-refractivity contribution in [2.75, 3.05) is 12.4 Å². The first-order chi connectivity index (χ1) is 18.1. The largest absolute Gasteiger partial charge is 0.505 e. The molecule has 1 amide bonds. The molecule has 37 heavy (non-hydrogen) atoms. The molecule has 3 aromatic carbocycles. The van der Waals surface area contributed by atoms with Crippen LogP contribution in [0.25, 0.3) is 10.8 Å². The number of aromatic hydroxyl groups is 1. The molecule has 0 radical (unpaired) electrons. The third-order valence-electron chi connectivity index (χ3n) is 5.86. The van der Waals surface area contributed by atoms with Gasteiger partial charge in [-0.3, -0.25) is 4.79 Å². The zero-order valence-corrected chi connectivity index (χ0v) is 19.7. The van der Waals surface area contributed by atoms with E-state index in [1.54, 1.807) is 80.2 Å². The third-order valence-corrected chi connectivity index (χ3v) is 5.86. The van der Waals surface area contributed by atoms with Gasteiger partial charge < -0.3 is 15.2 Å². The van der Waals surface area contributed by atoms with Gasteiger partial charge in [-0.15, -0.1) is 5.11 Å². The van der Waals surface area contributed by atoms with Crippen LogP contribution in [0.3, 0.4) is 0 Å². The molecular formula is C28H20N6O3. The quantitative estimate of drug-likeness (QED) is 0.329. The Hall–Kier alpha value is -5.36. The van der Waals surface area contributed by atoms with Crippen molar-refractivity contribution in [2.24, 2.45) is 10.2 Å². The van der Waals surface area contributed by atoms with E-state index in [4.69, 9.17) is 4.74 Å². The van der Waals surface area contributed by atoms with E-state index in [1.165, 1.54) is 0 Å². The van der Waals surface area contributed by atoms with Gasteiger partial charge in [0, 0.05) is 23.5 Å². The monoisotopic (exact) mass is 488 g/mol. The lowest BCUT2D eigenvalue weighted by Crippen LogP contribution is -2.12. The highest BCUT2D eigenvalue weighted by molar-refractivity contribution is 6.11. The number of rotatable bonds is 6. The molecule has 180 valence electrons. The number of allylic oxidation sites excluding steroid dienone is 3. The van der Waals surface area contributed by atoms with Gasteiger partial charge in [-0.05, 0) is 47.9 Å². The smallest absolute Gasteiger partial charge is 0.259 e. The van der Waals surface area contributed by atoms with Crippen LogP contribution in [0.1, 0.15) is 22.1 Å². The molecule has 0 saturated heterocycles. The zero-order valence-electron chi connectivity index (χ0n) is 19.7. The van der Waals surface area contributed by atoms with E-state index in [-0.39, 0.29) is 17.0 Å². The van der Waals surface area contributed by atoms with Gasteiger partial charge in [-0.25, -0.2) is 9.97 Å². The second kappa shape index (κ2) is 10.1. The molecule has 9 heteroatoms. The molecule has 9 nitrogen and oxygen atoms in total. The summed E-state index contributed by atoms with van der Waals surface area (Å²) in [4.78, 5) is 21.7. The van der Waals surface area contributed by atoms with E-state index in [1.807, 2.05) is 12.1 Å². The summed E-state index contributed by atoms with van der Waals surface area (Å²) in [5.74, 6) is -0.180. The Kier molecular flexibility index (Phi) is 6.38. The molecule has 0 saturated carbocycles. The van der Waals surface area contributed by atoms with Crippen LogP contribution in [0.4, 0.5) is 11.4 Å². The molecule has 1 aromatic heterocycles. The fraction of sp³-hybridized carbons (Fsp3) is 0.0714. The van der Waals surface area contributed by atoms with Gasteiger partial charge in [0.15, 0.2) is 5.75 Å². The number of carbonyl (C=O) groups is 1. The fourth-order valence-electron chi connectivity index (χ4n) is 4.00. The molecule has 0 aliphatic heterocycles. The summed E-state index contributed by atoms with van der Waals surface area (Å²) in [6.45, 7) is 0. The number of benzene rings is 3. The number of phenolic OH excluding ortho intramolecular Hbond substituents is 1. The van der Waals surface area contributed by atoms with E-state index in [2.05, 4.69) is 31.6 Å². The lowest BCUT2D eigenvalue weighted by Gasteiger charge is -2.12. The Morgan fingerprint density at radius 1 is 1.08 bits per heavy atom. The average Bonchev–Trinajstić information content (AvgIpc) is 3.36. The molecule has 1 unspecified atom stereocenters. The molecule has 0 spiro atoms. The number of phenols is 1. The van der Waals surface area contributed by atoms with Gasteiger partial charge in [-0.2, -0.15) is 10.4 Å². The van der Waals surface area contributed by atoms with Gasteiger partial charge in [0.25, 0.3) is 5.91 Å². The maximum atomic E-state index is 13.1. The molecule has 1 heterocycles. The number of fused-ring (bicyclic) bond motifs is 1. The van der Waals surface area contributed by atoms with Crippen molar-refractivity contribution in [2.45, 2.75) is 5.92 Å². The van der Waals surface area contributed by atoms with E-state index in [9.17, 15) is 15.2 Å². The van der Waals surface area contributed by atoms with Crippen LogP contribution in [0.15, 0.2) is 107 Å². The molecule has 1 aliphatic carbocycles. The fourth-order valence-corrected chi connectivity index (χ4v) is 4.00. The highest BCUT2D eigenvalue weighted by Crippen LogP contribution is 2.41. The number of carbonyl (C=O) groups excluding carboxylic acids is 1. The van der Waals surface area contributed by atoms with Crippen LogP contribution in [0.2, 0.25) is 0 Å². The zero-order chi connectivity index (χ0) is 25.8. The minimum atomic E-state index is -0.514. The van der Waals surface area contributed by atoms with Gasteiger partial charge in [0.1, 0.15) is 23.3 Å². The van der Waals surface area contributed by atoms with Crippen molar-refractivity contribution < 1.29 is 14.6 Å². The molecule has 1 aliphatic rings. The second-order valence-corrected chi connectivity index (χ2v) is 8.08. The summed E-state index contributed by atoms with van der Waals surface area (Å²) in [5.41, 5.74) is 1.35. The molecule has 5 rings (SSSR count). The second-order valence-electron chi connectivity index (χ2n) is 8.08. The Labute approximate surface area is 212 Å². The SMILES string of the molecule is COc1ccc(NC(=O)c2cc3ccccc3c(N=NC3=C(C#N)C=CC3c3ncccn3)c2O)cc1. The van der Waals surface area contributed by atoms with Crippen LogP contribution < -0.4 is 10.1 Å². The minimum Gasteiger partial charge on any atom is -0.505 e. The first kappa shape index (κ1) is 23.4. The molecule has 1 atom stereocenters. The molecular weight excluding hydrogens is 468 g/mol. The van der Waals surface area contributed by atoms with Crippen LogP contribution >= 0.6 is 0 Å². The number of nitriles is 1. The summed E-state index contributed by atoms with van der Waals surface area (Å²) < 4.78 is 5.15. The number of azo groups is 1. The summed E-state index contributed by atoms with van der Waals surface area (Å²) in [7, 11) is 1.56. The van der Waals surface area contributed by atoms with E-state index < -0.39 is 11.8 Å². The van der Waals surface area contributed by atoms with Crippen molar-refractivity contribution in [1.82, 2.24) is 9.97 Å². The Morgan fingerprint density at radius 2 is 1.84 bits per heavy atom. The highest BCUT2D eigenvalue weighted by Gasteiger charge is 2.25. The summed E-state index contributed by atoms with van der Waals surface area (Å²) in [6, 6.07) is 19.5. The minimum absolute atomic E-state index is 0.0328. The van der Waals surface area contributed by atoms with Crippen molar-refractivity contribution in [3.63, 3.8) is 0 Å². The summed E-state index contributed by atoms with van der Waals surface area (Å²) in [5, 5.41) is 33.5. The Morgan fingerprint density at radius 3 is 2.57 bits per heavy atom. The third kappa shape index (κ3) is 4.63. The summed E-state index contributed by atoms with van der Waals surface area (Å²) in [6.07, 6.45) is 6.64.